The summed E-state index contributed by atoms with van der Waals surface area (Å²) in [7, 11) is 0. The highest BCUT2D eigenvalue weighted by molar-refractivity contribution is 5.97. The predicted octanol–water partition coefficient (Wildman–Crippen LogP) is 5.07. The largest absolute Gasteiger partial charge is 0.294 e. The lowest BCUT2D eigenvalue weighted by atomic mass is 9.98. The minimum atomic E-state index is 0.195. The van der Waals surface area contributed by atoms with Gasteiger partial charge in [-0.25, -0.2) is 0 Å². The Balaban J connectivity index is 2.04. The Hall–Kier alpha value is -1.89. The molecule has 2 rings (SSSR count). The summed E-state index contributed by atoms with van der Waals surface area (Å²) in [5, 5.41) is 0. The van der Waals surface area contributed by atoms with E-state index < -0.39 is 0 Å². The standard InChI is InChI=1S/C20H24O/c1-4-5-6-17-9-11-19(12-10-17)20(21)14-18-8-7-15(2)16(3)13-18/h7-13H,4-6,14H2,1-3H3. The van der Waals surface area contributed by atoms with Crippen molar-refractivity contribution in [3.05, 3.63) is 70.3 Å². The van der Waals surface area contributed by atoms with Crippen LogP contribution >= 0.6 is 0 Å². The Bertz CT molecular complexity index is 608. The molecule has 0 saturated carbocycles. The van der Waals surface area contributed by atoms with Gasteiger partial charge in [-0.15, -0.1) is 0 Å². The minimum Gasteiger partial charge on any atom is -0.294 e. The normalized spacial score (nSPS) is 10.6. The van der Waals surface area contributed by atoms with Crippen LogP contribution in [-0.4, -0.2) is 5.78 Å². The van der Waals surface area contributed by atoms with Gasteiger partial charge in [0.25, 0.3) is 0 Å². The summed E-state index contributed by atoms with van der Waals surface area (Å²) < 4.78 is 0. The molecule has 1 nitrogen and oxygen atoms in total. The van der Waals surface area contributed by atoms with Gasteiger partial charge in [0.05, 0.1) is 0 Å². The van der Waals surface area contributed by atoms with E-state index >= 15 is 0 Å². The number of carbonyl (C=O) groups is 1. The molecule has 0 heterocycles. The fourth-order valence-corrected chi connectivity index (χ4v) is 2.44. The van der Waals surface area contributed by atoms with E-state index in [1.165, 1.54) is 29.5 Å². The number of unbranched alkanes of at least 4 members (excludes halogenated alkanes) is 1. The first-order valence-electron chi connectivity index (χ1n) is 7.78. The molecule has 0 aliphatic heterocycles. The number of benzene rings is 2. The molecule has 0 aromatic heterocycles. The van der Waals surface area contributed by atoms with Crippen molar-refractivity contribution in [1.82, 2.24) is 0 Å². The maximum absolute atomic E-state index is 12.3. The number of hydrogen-bond acceptors (Lipinski definition) is 1. The molecule has 0 saturated heterocycles. The van der Waals surface area contributed by atoms with E-state index in [4.69, 9.17) is 0 Å². The highest BCUT2D eigenvalue weighted by atomic mass is 16.1. The second-order valence-corrected chi connectivity index (χ2v) is 5.82. The summed E-state index contributed by atoms with van der Waals surface area (Å²) >= 11 is 0. The van der Waals surface area contributed by atoms with Crippen molar-refractivity contribution >= 4 is 5.78 Å². The van der Waals surface area contributed by atoms with Crippen molar-refractivity contribution in [2.24, 2.45) is 0 Å². The molecular formula is C20H24O. The summed E-state index contributed by atoms with van der Waals surface area (Å²) in [5.41, 5.74) is 5.74. The maximum Gasteiger partial charge on any atom is 0.167 e. The number of ketones is 1. The average molecular weight is 280 g/mol. The minimum absolute atomic E-state index is 0.195. The zero-order valence-corrected chi connectivity index (χ0v) is 13.3. The number of Topliss-reactive ketones (excluding diaryl/α,β-unsaturated/α-hetero) is 1. The molecule has 0 N–H and O–H groups in total. The van der Waals surface area contributed by atoms with Crippen molar-refractivity contribution in [2.75, 3.05) is 0 Å². The van der Waals surface area contributed by atoms with E-state index in [0.717, 1.165) is 17.5 Å². The number of rotatable bonds is 6. The fourth-order valence-electron chi connectivity index (χ4n) is 2.44. The second-order valence-electron chi connectivity index (χ2n) is 5.82. The topological polar surface area (TPSA) is 17.1 Å². The van der Waals surface area contributed by atoms with E-state index in [-0.39, 0.29) is 5.78 Å². The van der Waals surface area contributed by atoms with E-state index in [9.17, 15) is 4.79 Å². The van der Waals surface area contributed by atoms with Crippen LogP contribution in [0.15, 0.2) is 42.5 Å². The first-order valence-corrected chi connectivity index (χ1v) is 7.78. The van der Waals surface area contributed by atoms with Gasteiger partial charge in [0.1, 0.15) is 0 Å². The highest BCUT2D eigenvalue weighted by Gasteiger charge is 2.07. The zero-order chi connectivity index (χ0) is 15.2. The van der Waals surface area contributed by atoms with E-state index in [2.05, 4.69) is 51.1 Å². The van der Waals surface area contributed by atoms with E-state index in [1.807, 2.05) is 12.1 Å². The van der Waals surface area contributed by atoms with Gasteiger partial charge < -0.3 is 0 Å². The molecule has 2 aromatic carbocycles. The van der Waals surface area contributed by atoms with Crippen LogP contribution in [0.3, 0.4) is 0 Å². The Morgan fingerprint density at radius 1 is 0.905 bits per heavy atom. The monoisotopic (exact) mass is 280 g/mol. The molecule has 0 spiro atoms. The number of carbonyl (C=O) groups excluding carboxylic acids is 1. The van der Waals surface area contributed by atoms with Crippen molar-refractivity contribution in [3.8, 4) is 0 Å². The Labute approximate surface area is 128 Å². The zero-order valence-electron chi connectivity index (χ0n) is 13.3. The van der Waals surface area contributed by atoms with Gasteiger partial charge in [-0.1, -0.05) is 55.8 Å². The van der Waals surface area contributed by atoms with Gasteiger partial charge in [-0.05, 0) is 48.9 Å². The molecule has 0 unspecified atom stereocenters. The summed E-state index contributed by atoms with van der Waals surface area (Å²) in [6, 6.07) is 14.4. The van der Waals surface area contributed by atoms with Gasteiger partial charge in [0.2, 0.25) is 0 Å². The summed E-state index contributed by atoms with van der Waals surface area (Å²) in [6.07, 6.45) is 3.99. The molecule has 0 fully saturated rings. The fraction of sp³-hybridized carbons (Fsp3) is 0.350. The maximum atomic E-state index is 12.3. The van der Waals surface area contributed by atoms with E-state index in [0.29, 0.717) is 6.42 Å². The van der Waals surface area contributed by atoms with Crippen LogP contribution in [0.4, 0.5) is 0 Å². The molecule has 0 aliphatic carbocycles. The Morgan fingerprint density at radius 3 is 2.19 bits per heavy atom. The lowest BCUT2D eigenvalue weighted by Crippen LogP contribution is -2.04. The third-order valence-electron chi connectivity index (χ3n) is 4.03. The first kappa shape index (κ1) is 15.5. The van der Waals surface area contributed by atoms with Gasteiger partial charge in [-0.2, -0.15) is 0 Å². The summed E-state index contributed by atoms with van der Waals surface area (Å²) in [6.45, 7) is 6.38. The molecule has 0 radical (unpaired) electrons. The van der Waals surface area contributed by atoms with Crippen molar-refractivity contribution in [3.63, 3.8) is 0 Å². The SMILES string of the molecule is CCCCc1ccc(C(=O)Cc2ccc(C)c(C)c2)cc1. The van der Waals surface area contributed by atoms with Crippen molar-refractivity contribution < 1.29 is 4.79 Å². The molecule has 0 atom stereocenters. The van der Waals surface area contributed by atoms with Gasteiger partial charge >= 0.3 is 0 Å². The van der Waals surface area contributed by atoms with Gasteiger partial charge in [-0.3, -0.25) is 4.79 Å². The van der Waals surface area contributed by atoms with Gasteiger partial charge in [0, 0.05) is 12.0 Å². The lowest BCUT2D eigenvalue weighted by Gasteiger charge is -2.06. The van der Waals surface area contributed by atoms with Crippen LogP contribution in [-0.2, 0) is 12.8 Å². The van der Waals surface area contributed by atoms with Crippen LogP contribution in [0.1, 0.15) is 52.4 Å². The Kier molecular flexibility index (Phi) is 5.32. The molecular weight excluding hydrogens is 256 g/mol. The second kappa shape index (κ2) is 7.21. The molecule has 0 bridgehead atoms. The Morgan fingerprint density at radius 2 is 1.57 bits per heavy atom. The van der Waals surface area contributed by atoms with Crippen molar-refractivity contribution in [2.45, 2.75) is 46.5 Å². The lowest BCUT2D eigenvalue weighted by molar-refractivity contribution is 0.0993. The number of hydrogen-bond donors (Lipinski definition) is 0. The third-order valence-corrected chi connectivity index (χ3v) is 4.03. The van der Waals surface area contributed by atoms with E-state index in [1.54, 1.807) is 0 Å². The first-order chi connectivity index (χ1) is 10.1. The smallest absolute Gasteiger partial charge is 0.167 e. The van der Waals surface area contributed by atoms with Crippen LogP contribution in [0.25, 0.3) is 0 Å². The summed E-state index contributed by atoms with van der Waals surface area (Å²) in [5.74, 6) is 0.195. The average Bonchev–Trinajstić information content (AvgIpc) is 2.49. The van der Waals surface area contributed by atoms with Gasteiger partial charge in [0.15, 0.2) is 5.78 Å². The summed E-state index contributed by atoms with van der Waals surface area (Å²) in [4.78, 5) is 12.3. The highest BCUT2D eigenvalue weighted by Crippen LogP contribution is 2.14. The molecule has 21 heavy (non-hydrogen) atoms. The molecule has 0 amide bonds. The van der Waals surface area contributed by atoms with Crippen LogP contribution in [0.2, 0.25) is 0 Å². The third kappa shape index (κ3) is 4.29. The van der Waals surface area contributed by atoms with Crippen LogP contribution in [0, 0.1) is 13.8 Å². The van der Waals surface area contributed by atoms with Crippen LogP contribution < -0.4 is 0 Å². The molecule has 2 aromatic rings. The molecule has 1 heteroatoms. The molecule has 0 aliphatic rings. The molecule has 110 valence electrons. The quantitative estimate of drug-likeness (QED) is 0.675. The number of aryl methyl sites for hydroxylation is 3. The van der Waals surface area contributed by atoms with Crippen LogP contribution in [0.5, 0.6) is 0 Å². The predicted molar refractivity (Wildman–Crippen MR) is 89.0 cm³/mol. The van der Waals surface area contributed by atoms with Crippen molar-refractivity contribution in [1.29, 1.82) is 0 Å².